The van der Waals surface area contributed by atoms with Gasteiger partial charge < -0.3 is 4.90 Å². The van der Waals surface area contributed by atoms with Crippen LogP contribution in [-0.4, -0.2) is 18.4 Å². The summed E-state index contributed by atoms with van der Waals surface area (Å²) in [6.07, 6.45) is 1.29. The molecule has 1 aromatic rings. The van der Waals surface area contributed by atoms with E-state index in [4.69, 9.17) is 0 Å². The van der Waals surface area contributed by atoms with Crippen molar-refractivity contribution in [3.8, 4) is 0 Å². The van der Waals surface area contributed by atoms with Crippen molar-refractivity contribution in [2.45, 2.75) is 38.5 Å². The Balaban J connectivity index is 1.82. The fourth-order valence-electron chi connectivity index (χ4n) is 3.01. The third-order valence-corrected chi connectivity index (χ3v) is 4.06. The van der Waals surface area contributed by atoms with E-state index in [9.17, 15) is 13.6 Å². The Bertz CT molecular complexity index is 519. The van der Waals surface area contributed by atoms with Gasteiger partial charge in [0.2, 0.25) is 11.8 Å². The Kier molecular flexibility index (Phi) is 2.84. The SMILES string of the molecule is Cc1ccc2c(c1)CCCN2C(=O)C1CC(F)(F)C1. The second-order valence-corrected chi connectivity index (χ2v) is 5.69. The highest BCUT2D eigenvalue weighted by Crippen LogP contribution is 2.44. The first kappa shape index (κ1) is 12.6. The lowest BCUT2D eigenvalue weighted by Gasteiger charge is -2.39. The summed E-state index contributed by atoms with van der Waals surface area (Å²) in [5, 5.41) is 0. The second-order valence-electron chi connectivity index (χ2n) is 5.69. The van der Waals surface area contributed by atoms with Crippen LogP contribution in [0.1, 0.15) is 30.4 Å². The molecule has 3 rings (SSSR count). The molecular weight excluding hydrogens is 248 g/mol. The molecule has 1 saturated carbocycles. The predicted molar refractivity (Wildman–Crippen MR) is 69.5 cm³/mol. The van der Waals surface area contributed by atoms with E-state index in [1.807, 2.05) is 19.1 Å². The van der Waals surface area contributed by atoms with Gasteiger partial charge in [-0.1, -0.05) is 17.7 Å². The lowest BCUT2D eigenvalue weighted by atomic mass is 9.80. The van der Waals surface area contributed by atoms with Gasteiger partial charge in [-0.2, -0.15) is 0 Å². The zero-order chi connectivity index (χ0) is 13.6. The molecule has 1 aromatic carbocycles. The number of amides is 1. The third-order valence-electron chi connectivity index (χ3n) is 4.06. The van der Waals surface area contributed by atoms with Crippen molar-refractivity contribution in [2.75, 3.05) is 11.4 Å². The molecule has 0 radical (unpaired) electrons. The minimum Gasteiger partial charge on any atom is -0.312 e. The number of hydrogen-bond acceptors (Lipinski definition) is 1. The number of rotatable bonds is 1. The normalized spacial score (nSPS) is 21.7. The molecule has 1 amide bonds. The predicted octanol–water partition coefficient (Wildman–Crippen LogP) is 3.32. The lowest BCUT2D eigenvalue weighted by Crippen LogP contribution is -2.48. The fraction of sp³-hybridized carbons (Fsp3) is 0.533. The van der Waals surface area contributed by atoms with Crippen molar-refractivity contribution < 1.29 is 13.6 Å². The van der Waals surface area contributed by atoms with Crippen molar-refractivity contribution in [1.82, 2.24) is 0 Å². The van der Waals surface area contributed by atoms with E-state index < -0.39 is 11.8 Å². The summed E-state index contributed by atoms with van der Waals surface area (Å²) in [6.45, 7) is 2.67. The van der Waals surface area contributed by atoms with E-state index in [0.717, 1.165) is 24.1 Å². The number of alkyl halides is 2. The average molecular weight is 265 g/mol. The summed E-state index contributed by atoms with van der Waals surface area (Å²) < 4.78 is 25.8. The Morgan fingerprint density at radius 3 is 2.79 bits per heavy atom. The highest BCUT2D eigenvalue weighted by atomic mass is 19.3. The number of fused-ring (bicyclic) bond motifs is 1. The summed E-state index contributed by atoms with van der Waals surface area (Å²) in [6, 6.07) is 6.00. The van der Waals surface area contributed by atoms with E-state index in [0.29, 0.717) is 6.54 Å². The van der Waals surface area contributed by atoms with Gasteiger partial charge in [-0.25, -0.2) is 8.78 Å². The quantitative estimate of drug-likeness (QED) is 0.762. The topological polar surface area (TPSA) is 20.3 Å². The summed E-state index contributed by atoms with van der Waals surface area (Å²) in [4.78, 5) is 14.0. The molecule has 0 bridgehead atoms. The Morgan fingerprint density at radius 1 is 1.37 bits per heavy atom. The first-order chi connectivity index (χ1) is 8.96. The highest BCUT2D eigenvalue weighted by molar-refractivity contribution is 5.96. The molecule has 0 unspecified atom stereocenters. The zero-order valence-electron chi connectivity index (χ0n) is 11.0. The van der Waals surface area contributed by atoms with E-state index in [-0.39, 0.29) is 18.7 Å². The van der Waals surface area contributed by atoms with Gasteiger partial charge in [0, 0.05) is 31.0 Å². The van der Waals surface area contributed by atoms with Crippen LogP contribution in [0.15, 0.2) is 18.2 Å². The number of benzene rings is 1. The van der Waals surface area contributed by atoms with Crippen LogP contribution in [0, 0.1) is 12.8 Å². The number of anilines is 1. The number of halogens is 2. The van der Waals surface area contributed by atoms with Gasteiger partial charge >= 0.3 is 0 Å². The molecule has 1 aliphatic carbocycles. The standard InChI is InChI=1S/C15H17F2NO/c1-10-4-5-13-11(7-10)3-2-6-18(13)14(19)12-8-15(16,17)9-12/h4-5,7,12H,2-3,6,8-9H2,1H3. The summed E-state index contributed by atoms with van der Waals surface area (Å²) in [7, 11) is 0. The lowest BCUT2D eigenvalue weighted by molar-refractivity contribution is -0.147. The van der Waals surface area contributed by atoms with Crippen LogP contribution < -0.4 is 4.90 Å². The van der Waals surface area contributed by atoms with Crippen LogP contribution in [0.3, 0.4) is 0 Å². The third kappa shape index (κ3) is 2.24. The maximum atomic E-state index is 12.9. The maximum absolute atomic E-state index is 12.9. The van der Waals surface area contributed by atoms with Crippen molar-refractivity contribution in [1.29, 1.82) is 0 Å². The van der Waals surface area contributed by atoms with E-state index in [1.54, 1.807) is 4.90 Å². The largest absolute Gasteiger partial charge is 0.312 e. The van der Waals surface area contributed by atoms with Crippen molar-refractivity contribution in [3.05, 3.63) is 29.3 Å². The minimum absolute atomic E-state index is 0.129. The van der Waals surface area contributed by atoms with Gasteiger partial charge in [0.25, 0.3) is 0 Å². The molecule has 0 atom stereocenters. The first-order valence-electron chi connectivity index (χ1n) is 6.75. The van der Waals surface area contributed by atoms with Gasteiger partial charge in [-0.15, -0.1) is 0 Å². The summed E-state index contributed by atoms with van der Waals surface area (Å²) in [5.41, 5.74) is 3.24. The van der Waals surface area contributed by atoms with Crippen LogP contribution in [0.2, 0.25) is 0 Å². The summed E-state index contributed by atoms with van der Waals surface area (Å²) >= 11 is 0. The zero-order valence-corrected chi connectivity index (χ0v) is 11.0. The molecule has 0 N–H and O–H groups in total. The average Bonchev–Trinajstić information content (AvgIpc) is 2.34. The molecule has 1 heterocycles. The molecule has 19 heavy (non-hydrogen) atoms. The van der Waals surface area contributed by atoms with Crippen molar-refractivity contribution in [2.24, 2.45) is 5.92 Å². The molecule has 102 valence electrons. The number of aryl methyl sites for hydroxylation is 2. The summed E-state index contributed by atoms with van der Waals surface area (Å²) in [5.74, 6) is -3.26. The molecule has 1 fully saturated rings. The van der Waals surface area contributed by atoms with Crippen LogP contribution in [0.25, 0.3) is 0 Å². The van der Waals surface area contributed by atoms with Gasteiger partial charge in [0.05, 0.1) is 0 Å². The van der Waals surface area contributed by atoms with Crippen LogP contribution >= 0.6 is 0 Å². The van der Waals surface area contributed by atoms with Crippen molar-refractivity contribution in [3.63, 3.8) is 0 Å². The van der Waals surface area contributed by atoms with Crippen LogP contribution in [0.4, 0.5) is 14.5 Å². The number of hydrogen-bond donors (Lipinski definition) is 0. The van der Waals surface area contributed by atoms with Gasteiger partial charge in [-0.05, 0) is 31.4 Å². The number of carbonyl (C=O) groups is 1. The smallest absolute Gasteiger partial charge is 0.249 e. The van der Waals surface area contributed by atoms with Crippen LogP contribution in [0.5, 0.6) is 0 Å². The Morgan fingerprint density at radius 2 is 2.11 bits per heavy atom. The molecule has 4 heteroatoms. The van der Waals surface area contributed by atoms with Crippen molar-refractivity contribution >= 4 is 11.6 Å². The molecule has 2 aliphatic rings. The molecular formula is C15H17F2NO. The number of nitrogens with zero attached hydrogens (tertiary/aromatic N) is 1. The molecule has 0 aromatic heterocycles. The fourth-order valence-corrected chi connectivity index (χ4v) is 3.01. The van der Waals surface area contributed by atoms with Gasteiger partial charge in [-0.3, -0.25) is 4.79 Å². The monoisotopic (exact) mass is 265 g/mol. The van der Waals surface area contributed by atoms with E-state index >= 15 is 0 Å². The molecule has 2 nitrogen and oxygen atoms in total. The second kappa shape index (κ2) is 4.29. The Hall–Kier alpha value is -1.45. The van der Waals surface area contributed by atoms with Gasteiger partial charge in [0.1, 0.15) is 0 Å². The maximum Gasteiger partial charge on any atom is 0.249 e. The molecule has 0 saturated heterocycles. The van der Waals surface area contributed by atoms with Gasteiger partial charge in [0.15, 0.2) is 0 Å². The first-order valence-corrected chi connectivity index (χ1v) is 6.75. The molecule has 0 spiro atoms. The van der Waals surface area contributed by atoms with Crippen LogP contribution in [-0.2, 0) is 11.2 Å². The minimum atomic E-state index is -2.63. The highest BCUT2D eigenvalue weighted by Gasteiger charge is 2.50. The molecule has 1 aliphatic heterocycles. The Labute approximate surface area is 111 Å². The number of carbonyl (C=O) groups excluding carboxylic acids is 1. The van der Waals surface area contributed by atoms with E-state index in [1.165, 1.54) is 5.56 Å². The van der Waals surface area contributed by atoms with E-state index in [2.05, 4.69) is 6.07 Å².